The molecule has 0 fully saturated rings. The Morgan fingerprint density at radius 1 is 1.62 bits per heavy atom. The van der Waals surface area contributed by atoms with Gasteiger partial charge in [0.05, 0.1) is 6.42 Å². The smallest absolute Gasteiger partial charge is 0.339 e. The van der Waals surface area contributed by atoms with E-state index < -0.39 is 18.4 Å². The quantitative estimate of drug-likeness (QED) is 0.307. The van der Waals surface area contributed by atoms with Crippen molar-refractivity contribution in [3.8, 4) is 0 Å². The average Bonchev–Trinajstić information content (AvgIpc) is 2.03. The van der Waals surface area contributed by atoms with Crippen LogP contribution in [0, 0.1) is 0 Å². The normalized spacial score (nSPS) is 8.08. The molecule has 0 aliphatic rings. The second-order valence-electron chi connectivity index (χ2n) is 2.15. The van der Waals surface area contributed by atoms with Gasteiger partial charge in [-0.2, -0.15) is 0 Å². The van der Waals surface area contributed by atoms with Gasteiger partial charge in [-0.15, -0.1) is 0 Å². The van der Waals surface area contributed by atoms with E-state index >= 15 is 0 Å². The lowest BCUT2D eigenvalue weighted by Crippen LogP contribution is -2.07. The predicted octanol–water partition coefficient (Wildman–Crippen LogP) is 1.25. The van der Waals surface area contributed by atoms with E-state index in [0.29, 0.717) is 0 Å². The summed E-state index contributed by atoms with van der Waals surface area (Å²) < 4.78 is 4.48. The number of rotatable bonds is 4. The molecular formula is C9H10O4. The van der Waals surface area contributed by atoms with Gasteiger partial charge in [0.15, 0.2) is 0 Å². The topological polar surface area (TPSA) is 63.6 Å². The van der Waals surface area contributed by atoms with Crippen molar-refractivity contribution in [3.63, 3.8) is 0 Å². The first kappa shape index (κ1) is 11.2. The molecule has 0 spiro atoms. The van der Waals surface area contributed by atoms with E-state index in [-0.39, 0.29) is 5.57 Å². The number of hydrogen-bond donors (Lipinski definition) is 1. The lowest BCUT2D eigenvalue weighted by atomic mass is 10.2. The standard InChI is InChI=1S/C9H10O4/c1-3-4-5-13-9(12)7(2)6-8(10)11/h3,5H,2,6H2,1H3,(H,10,11). The van der Waals surface area contributed by atoms with Gasteiger partial charge in [-0.1, -0.05) is 12.3 Å². The zero-order valence-electron chi connectivity index (χ0n) is 7.24. The van der Waals surface area contributed by atoms with Crippen molar-refractivity contribution in [1.82, 2.24) is 0 Å². The fraction of sp³-hybridized carbons (Fsp3) is 0.222. The predicted molar refractivity (Wildman–Crippen MR) is 45.8 cm³/mol. The van der Waals surface area contributed by atoms with Crippen LogP contribution in [0.15, 0.2) is 30.2 Å². The van der Waals surface area contributed by atoms with Crippen LogP contribution in [0.5, 0.6) is 0 Å². The number of carbonyl (C=O) groups excluding carboxylic acids is 1. The van der Waals surface area contributed by atoms with Crippen molar-refractivity contribution in [2.75, 3.05) is 0 Å². The maximum Gasteiger partial charge on any atom is 0.339 e. The fourth-order valence-corrected chi connectivity index (χ4v) is 0.494. The molecule has 0 aromatic heterocycles. The molecule has 0 aliphatic carbocycles. The first-order chi connectivity index (χ1) is 6.07. The maximum atomic E-state index is 10.9. The lowest BCUT2D eigenvalue weighted by Gasteiger charge is -1.97. The van der Waals surface area contributed by atoms with E-state index in [9.17, 15) is 9.59 Å². The molecule has 0 aliphatic heterocycles. The van der Waals surface area contributed by atoms with Crippen LogP contribution >= 0.6 is 0 Å². The molecule has 4 nitrogen and oxygen atoms in total. The van der Waals surface area contributed by atoms with E-state index in [1.807, 2.05) is 0 Å². The minimum Gasteiger partial charge on any atom is -0.481 e. The van der Waals surface area contributed by atoms with E-state index in [0.717, 1.165) is 6.26 Å². The molecule has 70 valence electrons. The summed E-state index contributed by atoms with van der Waals surface area (Å²) in [5, 5.41) is 8.30. The Hall–Kier alpha value is -1.80. The second kappa shape index (κ2) is 5.80. The SMILES string of the molecule is C=C(CC(=O)O)C(=O)OC=C=CC. The van der Waals surface area contributed by atoms with Crippen LogP contribution < -0.4 is 0 Å². The number of aliphatic carboxylic acids is 1. The van der Waals surface area contributed by atoms with E-state index in [4.69, 9.17) is 5.11 Å². The Morgan fingerprint density at radius 3 is 2.69 bits per heavy atom. The number of ether oxygens (including phenoxy) is 1. The first-order valence-electron chi connectivity index (χ1n) is 3.54. The fourth-order valence-electron chi connectivity index (χ4n) is 0.494. The molecule has 0 unspecified atom stereocenters. The van der Waals surface area contributed by atoms with Crippen LogP contribution in [0.3, 0.4) is 0 Å². The summed E-state index contributed by atoms with van der Waals surface area (Å²) in [5.41, 5.74) is 2.41. The zero-order valence-corrected chi connectivity index (χ0v) is 7.24. The Balaban J connectivity index is 4.05. The van der Waals surface area contributed by atoms with Crippen molar-refractivity contribution in [2.24, 2.45) is 0 Å². The highest BCUT2D eigenvalue weighted by Gasteiger charge is 2.10. The van der Waals surface area contributed by atoms with Crippen LogP contribution in [0.4, 0.5) is 0 Å². The molecule has 0 rings (SSSR count). The Kier molecular flexibility index (Phi) is 5.00. The average molecular weight is 182 g/mol. The van der Waals surface area contributed by atoms with E-state index in [1.54, 1.807) is 13.0 Å². The summed E-state index contributed by atoms with van der Waals surface area (Å²) in [6, 6.07) is 0. The van der Waals surface area contributed by atoms with Gasteiger partial charge in [0, 0.05) is 5.57 Å². The van der Waals surface area contributed by atoms with Gasteiger partial charge in [-0.25, -0.2) is 4.79 Å². The van der Waals surface area contributed by atoms with Gasteiger partial charge in [0.1, 0.15) is 6.26 Å². The highest BCUT2D eigenvalue weighted by atomic mass is 16.5. The monoisotopic (exact) mass is 182 g/mol. The van der Waals surface area contributed by atoms with Crippen LogP contribution in [-0.4, -0.2) is 17.0 Å². The van der Waals surface area contributed by atoms with E-state index in [2.05, 4.69) is 17.0 Å². The molecule has 0 aromatic rings. The Morgan fingerprint density at radius 2 is 2.23 bits per heavy atom. The van der Waals surface area contributed by atoms with Gasteiger partial charge in [0.2, 0.25) is 0 Å². The summed E-state index contributed by atoms with van der Waals surface area (Å²) in [4.78, 5) is 21.0. The van der Waals surface area contributed by atoms with Crippen LogP contribution in [0.1, 0.15) is 13.3 Å². The number of carboxylic acid groups (broad SMARTS) is 1. The van der Waals surface area contributed by atoms with Gasteiger partial charge < -0.3 is 9.84 Å². The second-order valence-corrected chi connectivity index (χ2v) is 2.15. The Bertz CT molecular complexity index is 282. The number of carboxylic acids is 1. The molecule has 13 heavy (non-hydrogen) atoms. The maximum absolute atomic E-state index is 10.9. The largest absolute Gasteiger partial charge is 0.481 e. The highest BCUT2D eigenvalue weighted by molar-refractivity contribution is 5.93. The number of esters is 1. The summed E-state index contributed by atoms with van der Waals surface area (Å²) in [7, 11) is 0. The molecule has 0 amide bonds. The summed E-state index contributed by atoms with van der Waals surface area (Å²) in [6.07, 6.45) is 2.19. The Labute approximate surface area is 75.8 Å². The van der Waals surface area contributed by atoms with Crippen molar-refractivity contribution in [1.29, 1.82) is 0 Å². The molecule has 0 atom stereocenters. The third-order valence-electron chi connectivity index (χ3n) is 1.05. The molecule has 0 bridgehead atoms. The molecule has 0 saturated heterocycles. The molecule has 0 aromatic carbocycles. The zero-order chi connectivity index (χ0) is 10.3. The molecule has 0 radical (unpaired) electrons. The summed E-state index contributed by atoms with van der Waals surface area (Å²) >= 11 is 0. The third kappa shape index (κ3) is 5.47. The number of carbonyl (C=O) groups is 2. The number of hydrogen-bond acceptors (Lipinski definition) is 3. The molecule has 1 N–H and O–H groups in total. The third-order valence-corrected chi connectivity index (χ3v) is 1.05. The highest BCUT2D eigenvalue weighted by Crippen LogP contribution is 2.00. The molecule has 4 heteroatoms. The van der Waals surface area contributed by atoms with Crippen LogP contribution in [0.25, 0.3) is 0 Å². The van der Waals surface area contributed by atoms with Gasteiger partial charge >= 0.3 is 11.9 Å². The van der Waals surface area contributed by atoms with Crippen molar-refractivity contribution < 1.29 is 19.4 Å². The minimum absolute atomic E-state index is 0.0957. The molecule has 0 heterocycles. The van der Waals surface area contributed by atoms with Crippen molar-refractivity contribution in [2.45, 2.75) is 13.3 Å². The lowest BCUT2D eigenvalue weighted by molar-refractivity contribution is -0.139. The van der Waals surface area contributed by atoms with Crippen molar-refractivity contribution >= 4 is 11.9 Å². The first-order valence-corrected chi connectivity index (χ1v) is 3.54. The summed E-state index contributed by atoms with van der Waals surface area (Å²) in [5.74, 6) is -1.87. The van der Waals surface area contributed by atoms with Gasteiger partial charge in [-0.3, -0.25) is 4.79 Å². The van der Waals surface area contributed by atoms with Crippen molar-refractivity contribution in [3.05, 3.63) is 30.2 Å². The van der Waals surface area contributed by atoms with Gasteiger partial charge in [0.25, 0.3) is 0 Å². The minimum atomic E-state index is -1.11. The van der Waals surface area contributed by atoms with Gasteiger partial charge in [-0.05, 0) is 13.0 Å². The number of allylic oxidation sites excluding steroid dienone is 1. The molecular weight excluding hydrogens is 172 g/mol. The van der Waals surface area contributed by atoms with Crippen LogP contribution in [-0.2, 0) is 14.3 Å². The molecule has 0 saturated carbocycles. The van der Waals surface area contributed by atoms with E-state index in [1.165, 1.54) is 0 Å². The van der Waals surface area contributed by atoms with Crippen LogP contribution in [0.2, 0.25) is 0 Å². The summed E-state index contributed by atoms with van der Waals surface area (Å²) in [6.45, 7) is 4.96.